The number of nitrogens with zero attached hydrogens (tertiary/aromatic N) is 2. The lowest BCUT2D eigenvalue weighted by atomic mass is 10.1. The van der Waals surface area contributed by atoms with Gasteiger partial charge in [-0.2, -0.15) is 5.10 Å². The smallest absolute Gasteiger partial charge is 0.0522 e. The highest BCUT2D eigenvalue weighted by atomic mass is 15.3. The molecule has 1 aromatic heterocycles. The van der Waals surface area contributed by atoms with Crippen molar-refractivity contribution in [2.75, 3.05) is 0 Å². The Hall–Kier alpha value is -0.830. The van der Waals surface area contributed by atoms with Crippen LogP contribution in [0.25, 0.3) is 0 Å². The number of nitrogens with two attached hydrogens (primary N) is 1. The van der Waals surface area contributed by atoms with E-state index in [9.17, 15) is 0 Å². The Morgan fingerprint density at radius 3 is 2.91 bits per heavy atom. The molecule has 0 aromatic carbocycles. The van der Waals surface area contributed by atoms with Crippen molar-refractivity contribution in [3.63, 3.8) is 0 Å². The molecule has 0 radical (unpaired) electrons. The molecule has 11 heavy (non-hydrogen) atoms. The highest BCUT2D eigenvalue weighted by Gasteiger charge is 1.99. The van der Waals surface area contributed by atoms with Crippen LogP contribution in [0.2, 0.25) is 0 Å². The molecule has 0 aliphatic heterocycles. The Kier molecular flexibility index (Phi) is 2.65. The minimum absolute atomic E-state index is 0.226. The van der Waals surface area contributed by atoms with Crippen LogP contribution in [0.1, 0.15) is 19.4 Å². The third-order valence-corrected chi connectivity index (χ3v) is 1.57. The molecule has 0 spiro atoms. The lowest BCUT2D eigenvalue weighted by Crippen LogP contribution is -2.17. The van der Waals surface area contributed by atoms with Crippen molar-refractivity contribution >= 4 is 0 Å². The van der Waals surface area contributed by atoms with Gasteiger partial charge in [-0.3, -0.25) is 4.68 Å². The van der Waals surface area contributed by atoms with E-state index in [2.05, 4.69) is 12.0 Å². The van der Waals surface area contributed by atoms with Crippen molar-refractivity contribution in [3.8, 4) is 0 Å². The molecule has 0 fully saturated rings. The predicted molar refractivity (Wildman–Crippen MR) is 45.3 cm³/mol. The van der Waals surface area contributed by atoms with E-state index in [0.717, 1.165) is 13.0 Å². The lowest BCUT2D eigenvalue weighted by Gasteiger charge is -1.99. The van der Waals surface area contributed by atoms with Crippen LogP contribution in [0.15, 0.2) is 12.4 Å². The molecule has 0 bridgehead atoms. The van der Waals surface area contributed by atoms with E-state index in [4.69, 9.17) is 5.73 Å². The van der Waals surface area contributed by atoms with Gasteiger partial charge >= 0.3 is 0 Å². The summed E-state index contributed by atoms with van der Waals surface area (Å²) in [5.41, 5.74) is 6.86. The normalized spacial score (nSPS) is 13.4. The first-order chi connectivity index (χ1) is 5.22. The minimum Gasteiger partial charge on any atom is -0.328 e. The quantitative estimate of drug-likeness (QED) is 0.697. The molecule has 2 N–H and O–H groups in total. The van der Waals surface area contributed by atoms with Crippen molar-refractivity contribution in [1.82, 2.24) is 9.78 Å². The van der Waals surface area contributed by atoms with Gasteiger partial charge in [0.15, 0.2) is 0 Å². The van der Waals surface area contributed by atoms with Crippen LogP contribution >= 0.6 is 0 Å². The van der Waals surface area contributed by atoms with Gasteiger partial charge in [-0.05, 0) is 25.8 Å². The van der Waals surface area contributed by atoms with Gasteiger partial charge in [-0.1, -0.05) is 0 Å². The lowest BCUT2D eigenvalue weighted by molar-refractivity contribution is 0.657. The second-order valence-corrected chi connectivity index (χ2v) is 2.89. The maximum Gasteiger partial charge on any atom is 0.0522 e. The van der Waals surface area contributed by atoms with E-state index in [1.165, 1.54) is 5.56 Å². The fraction of sp³-hybridized carbons (Fsp3) is 0.625. The Morgan fingerprint density at radius 2 is 2.45 bits per heavy atom. The first kappa shape index (κ1) is 8.27. The van der Waals surface area contributed by atoms with Crippen LogP contribution in [-0.2, 0) is 13.0 Å². The average Bonchev–Trinajstić information content (AvgIpc) is 2.34. The Balaban J connectivity index is 2.58. The number of aryl methyl sites for hydroxylation is 1. The van der Waals surface area contributed by atoms with Gasteiger partial charge in [-0.15, -0.1) is 0 Å². The summed E-state index contributed by atoms with van der Waals surface area (Å²) in [7, 11) is 0. The first-order valence-corrected chi connectivity index (χ1v) is 3.99. The zero-order chi connectivity index (χ0) is 8.27. The SMILES string of the molecule is CCn1cc(C[C@H](C)N)cn1. The molecular weight excluding hydrogens is 138 g/mol. The number of rotatable bonds is 3. The van der Waals surface area contributed by atoms with Gasteiger partial charge in [0.05, 0.1) is 6.20 Å². The number of hydrogen-bond donors (Lipinski definition) is 1. The molecule has 3 nitrogen and oxygen atoms in total. The van der Waals surface area contributed by atoms with E-state index in [0.29, 0.717) is 0 Å². The molecule has 1 rings (SSSR count). The second kappa shape index (κ2) is 3.53. The molecule has 0 aliphatic rings. The Labute approximate surface area is 67.2 Å². The molecule has 0 saturated heterocycles. The van der Waals surface area contributed by atoms with Crippen molar-refractivity contribution in [2.24, 2.45) is 5.73 Å². The molecule has 0 unspecified atom stereocenters. The van der Waals surface area contributed by atoms with Crippen molar-refractivity contribution < 1.29 is 0 Å². The van der Waals surface area contributed by atoms with Crippen LogP contribution in [0.3, 0.4) is 0 Å². The van der Waals surface area contributed by atoms with Crippen LogP contribution in [-0.4, -0.2) is 15.8 Å². The second-order valence-electron chi connectivity index (χ2n) is 2.89. The molecule has 0 aliphatic carbocycles. The standard InChI is InChI=1S/C8H15N3/c1-3-11-6-8(5-10-11)4-7(2)9/h5-7H,3-4,9H2,1-2H3/t7-/m0/s1. The van der Waals surface area contributed by atoms with E-state index in [1.54, 1.807) is 0 Å². The monoisotopic (exact) mass is 153 g/mol. The summed E-state index contributed by atoms with van der Waals surface area (Å²) in [4.78, 5) is 0. The first-order valence-electron chi connectivity index (χ1n) is 3.99. The van der Waals surface area contributed by atoms with Crippen molar-refractivity contribution in [3.05, 3.63) is 18.0 Å². The third-order valence-electron chi connectivity index (χ3n) is 1.57. The van der Waals surface area contributed by atoms with E-state index in [1.807, 2.05) is 24.0 Å². The van der Waals surface area contributed by atoms with Crippen LogP contribution < -0.4 is 5.73 Å². The largest absolute Gasteiger partial charge is 0.328 e. The molecule has 3 heteroatoms. The molecular formula is C8H15N3. The molecule has 1 heterocycles. The Morgan fingerprint density at radius 1 is 1.73 bits per heavy atom. The van der Waals surface area contributed by atoms with Gasteiger partial charge < -0.3 is 5.73 Å². The van der Waals surface area contributed by atoms with E-state index in [-0.39, 0.29) is 6.04 Å². The number of hydrogen-bond acceptors (Lipinski definition) is 2. The van der Waals surface area contributed by atoms with Gasteiger partial charge in [-0.25, -0.2) is 0 Å². The molecule has 1 atom stereocenters. The maximum absolute atomic E-state index is 5.64. The van der Waals surface area contributed by atoms with Gasteiger partial charge in [0.25, 0.3) is 0 Å². The van der Waals surface area contributed by atoms with Crippen molar-refractivity contribution in [1.29, 1.82) is 0 Å². The summed E-state index contributed by atoms with van der Waals surface area (Å²) in [5, 5.41) is 4.15. The zero-order valence-corrected chi connectivity index (χ0v) is 7.12. The molecule has 62 valence electrons. The van der Waals surface area contributed by atoms with E-state index >= 15 is 0 Å². The highest BCUT2D eigenvalue weighted by Crippen LogP contribution is 2.00. The van der Waals surface area contributed by atoms with E-state index < -0.39 is 0 Å². The summed E-state index contributed by atoms with van der Waals surface area (Å²) in [5.74, 6) is 0. The number of aromatic nitrogens is 2. The summed E-state index contributed by atoms with van der Waals surface area (Å²) in [6, 6.07) is 0.226. The van der Waals surface area contributed by atoms with Gasteiger partial charge in [0, 0.05) is 18.8 Å². The summed E-state index contributed by atoms with van der Waals surface area (Å²) >= 11 is 0. The van der Waals surface area contributed by atoms with Crippen LogP contribution in [0.4, 0.5) is 0 Å². The highest BCUT2D eigenvalue weighted by molar-refractivity contribution is 5.05. The van der Waals surface area contributed by atoms with Crippen LogP contribution in [0, 0.1) is 0 Å². The van der Waals surface area contributed by atoms with Crippen LogP contribution in [0.5, 0.6) is 0 Å². The predicted octanol–water partition coefficient (Wildman–Crippen LogP) is 0.793. The molecule has 0 amide bonds. The summed E-state index contributed by atoms with van der Waals surface area (Å²) in [6.45, 7) is 5.00. The minimum atomic E-state index is 0.226. The zero-order valence-electron chi connectivity index (χ0n) is 7.12. The third kappa shape index (κ3) is 2.35. The average molecular weight is 153 g/mol. The Bertz CT molecular complexity index is 215. The van der Waals surface area contributed by atoms with Gasteiger partial charge in [0.2, 0.25) is 0 Å². The fourth-order valence-corrected chi connectivity index (χ4v) is 1.06. The fourth-order valence-electron chi connectivity index (χ4n) is 1.06. The summed E-state index contributed by atoms with van der Waals surface area (Å²) in [6.07, 6.45) is 4.84. The summed E-state index contributed by atoms with van der Waals surface area (Å²) < 4.78 is 1.91. The topological polar surface area (TPSA) is 43.8 Å². The maximum atomic E-state index is 5.64. The molecule has 0 saturated carbocycles. The van der Waals surface area contributed by atoms with Crippen molar-refractivity contribution in [2.45, 2.75) is 32.9 Å². The van der Waals surface area contributed by atoms with Gasteiger partial charge in [0.1, 0.15) is 0 Å². The molecule has 1 aromatic rings.